The number of likely N-dealkylation sites (tertiary alicyclic amines) is 1. The lowest BCUT2D eigenvalue weighted by atomic mass is 10.00. The van der Waals surface area contributed by atoms with Crippen LogP contribution >= 0.6 is 24.8 Å². The molecule has 3 rings (SSSR count). The quantitative estimate of drug-likeness (QED) is 0.884. The van der Waals surface area contributed by atoms with Crippen molar-refractivity contribution in [3.8, 4) is 0 Å². The fourth-order valence-electron chi connectivity index (χ4n) is 2.99. The number of benzene rings is 1. The van der Waals surface area contributed by atoms with Gasteiger partial charge in [0.2, 0.25) is 0 Å². The van der Waals surface area contributed by atoms with Gasteiger partial charge in [-0.2, -0.15) is 0 Å². The summed E-state index contributed by atoms with van der Waals surface area (Å²) in [5, 5.41) is 10.3. The highest BCUT2D eigenvalue weighted by atomic mass is 35.5. The van der Waals surface area contributed by atoms with Gasteiger partial charge in [0.05, 0.1) is 6.10 Å². The number of aliphatic hydroxyl groups is 1. The van der Waals surface area contributed by atoms with Crippen LogP contribution in [0.25, 0.3) is 0 Å². The van der Waals surface area contributed by atoms with Crippen LogP contribution in [0.3, 0.4) is 0 Å². The molecule has 2 heterocycles. The Labute approximate surface area is 149 Å². The molecule has 0 bridgehead atoms. The van der Waals surface area contributed by atoms with Gasteiger partial charge in [0.25, 0.3) is 0 Å². The lowest BCUT2D eigenvalue weighted by Crippen LogP contribution is -2.21. The van der Waals surface area contributed by atoms with Crippen molar-refractivity contribution in [2.75, 3.05) is 18.8 Å². The molecule has 1 aliphatic heterocycles. The van der Waals surface area contributed by atoms with Gasteiger partial charge in [-0.15, -0.1) is 24.8 Å². The van der Waals surface area contributed by atoms with Crippen molar-refractivity contribution in [1.29, 1.82) is 0 Å². The van der Waals surface area contributed by atoms with Crippen LogP contribution in [0, 0.1) is 5.92 Å². The number of aliphatic hydroxyl groups excluding tert-OH is 1. The largest absolute Gasteiger partial charge is 0.391 e. The van der Waals surface area contributed by atoms with Crippen LogP contribution in [-0.2, 0) is 13.0 Å². The Balaban J connectivity index is 0.00000132. The lowest BCUT2D eigenvalue weighted by molar-refractivity contribution is 0.140. The van der Waals surface area contributed by atoms with Crippen molar-refractivity contribution in [1.82, 2.24) is 9.88 Å². The van der Waals surface area contributed by atoms with E-state index in [1.54, 1.807) is 6.07 Å². The molecule has 0 saturated carbocycles. The molecule has 6 heteroatoms. The molecule has 1 aliphatic rings. The minimum Gasteiger partial charge on any atom is -0.391 e. The first-order valence-electron chi connectivity index (χ1n) is 7.36. The van der Waals surface area contributed by atoms with Gasteiger partial charge in [-0.25, -0.2) is 4.98 Å². The Kier molecular flexibility index (Phi) is 7.79. The van der Waals surface area contributed by atoms with Crippen LogP contribution in [0.5, 0.6) is 0 Å². The molecule has 23 heavy (non-hydrogen) atoms. The van der Waals surface area contributed by atoms with Crippen molar-refractivity contribution in [2.24, 2.45) is 5.92 Å². The first-order chi connectivity index (χ1) is 10.2. The zero-order chi connectivity index (χ0) is 14.7. The minimum atomic E-state index is -0.294. The third kappa shape index (κ3) is 5.36. The van der Waals surface area contributed by atoms with Gasteiger partial charge in [0.15, 0.2) is 0 Å². The van der Waals surface area contributed by atoms with Crippen molar-refractivity contribution in [2.45, 2.75) is 19.1 Å². The molecule has 4 nitrogen and oxygen atoms in total. The molecular weight excluding hydrogens is 333 g/mol. The monoisotopic (exact) mass is 355 g/mol. The van der Waals surface area contributed by atoms with Gasteiger partial charge in [0, 0.05) is 31.2 Å². The Bertz CT molecular complexity index is 597. The molecule has 3 N–H and O–H groups in total. The average molecular weight is 356 g/mol. The molecular formula is C17H23Cl2N3O. The van der Waals surface area contributed by atoms with Gasteiger partial charge in [0.1, 0.15) is 5.82 Å². The van der Waals surface area contributed by atoms with Crippen molar-refractivity contribution in [3.05, 3.63) is 59.8 Å². The van der Waals surface area contributed by atoms with E-state index < -0.39 is 0 Å². The second kappa shape index (κ2) is 9.08. The van der Waals surface area contributed by atoms with Crippen molar-refractivity contribution < 1.29 is 5.11 Å². The summed E-state index contributed by atoms with van der Waals surface area (Å²) in [5.74, 6) is 0.768. The molecule has 0 radical (unpaired) electrons. The predicted molar refractivity (Wildman–Crippen MR) is 98.1 cm³/mol. The molecule has 2 aromatic rings. The van der Waals surface area contributed by atoms with E-state index in [1.807, 2.05) is 18.2 Å². The maximum atomic E-state index is 10.3. The average Bonchev–Trinajstić information content (AvgIpc) is 2.80. The Morgan fingerprint density at radius 3 is 2.48 bits per heavy atom. The van der Waals surface area contributed by atoms with E-state index in [0.717, 1.165) is 31.7 Å². The second-order valence-corrected chi connectivity index (χ2v) is 5.77. The van der Waals surface area contributed by atoms with E-state index in [4.69, 9.17) is 5.73 Å². The molecule has 1 fully saturated rings. The molecule has 0 unspecified atom stereocenters. The number of nitrogens with zero attached hydrogens (tertiary/aromatic N) is 2. The van der Waals surface area contributed by atoms with Gasteiger partial charge in [-0.3, -0.25) is 4.90 Å². The summed E-state index contributed by atoms with van der Waals surface area (Å²) in [6, 6.07) is 16.1. The van der Waals surface area contributed by atoms with E-state index in [0.29, 0.717) is 5.82 Å². The summed E-state index contributed by atoms with van der Waals surface area (Å²) in [4.78, 5) is 6.63. The molecule has 1 aromatic carbocycles. The summed E-state index contributed by atoms with van der Waals surface area (Å²) in [6.07, 6.45) is 0.481. The topological polar surface area (TPSA) is 62.4 Å². The zero-order valence-corrected chi connectivity index (χ0v) is 14.5. The van der Waals surface area contributed by atoms with Crippen molar-refractivity contribution >= 4 is 30.6 Å². The summed E-state index contributed by atoms with van der Waals surface area (Å²) in [6.45, 7) is 2.51. The van der Waals surface area contributed by atoms with Crippen LogP contribution in [0.2, 0.25) is 0 Å². The normalized spacial score (nSPS) is 20.6. The number of pyridine rings is 1. The molecule has 0 spiro atoms. The Morgan fingerprint density at radius 2 is 1.78 bits per heavy atom. The lowest BCUT2D eigenvalue weighted by Gasteiger charge is -2.15. The fourth-order valence-corrected chi connectivity index (χ4v) is 2.99. The first kappa shape index (κ1) is 19.7. The van der Waals surface area contributed by atoms with E-state index >= 15 is 0 Å². The van der Waals surface area contributed by atoms with E-state index in [-0.39, 0.29) is 36.8 Å². The maximum absolute atomic E-state index is 10.3. The summed E-state index contributed by atoms with van der Waals surface area (Å²) in [7, 11) is 0. The fraction of sp³-hybridized carbons (Fsp3) is 0.353. The number of hydrogen-bond donors (Lipinski definition) is 2. The van der Waals surface area contributed by atoms with Gasteiger partial charge < -0.3 is 10.8 Å². The molecule has 1 saturated heterocycles. The van der Waals surface area contributed by atoms with Crippen LogP contribution in [0.4, 0.5) is 5.82 Å². The second-order valence-electron chi connectivity index (χ2n) is 5.77. The van der Waals surface area contributed by atoms with E-state index in [2.05, 4.69) is 34.1 Å². The van der Waals surface area contributed by atoms with Gasteiger partial charge in [-0.05, 0) is 24.1 Å². The molecule has 2 atom stereocenters. The number of hydrogen-bond acceptors (Lipinski definition) is 4. The SMILES string of the molecule is Cl.Cl.Nc1cccc(C[C@H]2CN(Cc3ccccc3)C[C@@H]2O)n1. The number of rotatable bonds is 4. The molecule has 0 amide bonds. The minimum absolute atomic E-state index is 0. The number of anilines is 1. The Hall–Kier alpha value is -1.33. The third-order valence-corrected chi connectivity index (χ3v) is 4.03. The highest BCUT2D eigenvalue weighted by molar-refractivity contribution is 5.85. The number of halogens is 2. The number of nitrogen functional groups attached to an aromatic ring is 1. The molecule has 126 valence electrons. The number of nitrogens with two attached hydrogens (primary N) is 1. The molecule has 1 aromatic heterocycles. The van der Waals surface area contributed by atoms with Crippen LogP contribution in [0.15, 0.2) is 48.5 Å². The van der Waals surface area contributed by atoms with Crippen LogP contribution in [0.1, 0.15) is 11.3 Å². The summed E-state index contributed by atoms with van der Waals surface area (Å²) < 4.78 is 0. The first-order valence-corrected chi connectivity index (χ1v) is 7.36. The van der Waals surface area contributed by atoms with Crippen LogP contribution in [-0.4, -0.2) is 34.2 Å². The number of β-amino-alcohol motifs (C(OH)–C–C–N with tert-alkyl or cyclic N) is 1. The zero-order valence-electron chi connectivity index (χ0n) is 12.8. The van der Waals surface area contributed by atoms with Gasteiger partial charge >= 0.3 is 0 Å². The summed E-state index contributed by atoms with van der Waals surface area (Å²) in [5.41, 5.74) is 7.96. The maximum Gasteiger partial charge on any atom is 0.123 e. The standard InChI is InChI=1S/C17H21N3O.2ClH/c18-17-8-4-7-15(19-17)9-14-11-20(12-16(14)21)10-13-5-2-1-3-6-13;;/h1-8,14,16,21H,9-12H2,(H2,18,19);2*1H/t14-,16-;;/m0../s1. The smallest absolute Gasteiger partial charge is 0.123 e. The predicted octanol–water partition coefficient (Wildman–Crippen LogP) is 2.54. The third-order valence-electron chi connectivity index (χ3n) is 4.03. The molecule has 0 aliphatic carbocycles. The van der Waals surface area contributed by atoms with E-state index in [9.17, 15) is 5.11 Å². The van der Waals surface area contributed by atoms with Crippen LogP contribution < -0.4 is 5.73 Å². The van der Waals surface area contributed by atoms with E-state index in [1.165, 1.54) is 5.56 Å². The highest BCUT2D eigenvalue weighted by Crippen LogP contribution is 2.22. The number of aromatic nitrogens is 1. The van der Waals surface area contributed by atoms with Gasteiger partial charge in [-0.1, -0.05) is 36.4 Å². The summed E-state index contributed by atoms with van der Waals surface area (Å²) >= 11 is 0. The van der Waals surface area contributed by atoms with Crippen molar-refractivity contribution in [3.63, 3.8) is 0 Å². The highest BCUT2D eigenvalue weighted by Gasteiger charge is 2.31. The Morgan fingerprint density at radius 1 is 1.04 bits per heavy atom.